The van der Waals surface area contributed by atoms with Crippen molar-refractivity contribution in [2.75, 3.05) is 18.0 Å². The Labute approximate surface area is 89.9 Å². The molecule has 0 radical (unpaired) electrons. The number of hydrogen-bond acceptors (Lipinski definition) is 2. The van der Waals surface area contributed by atoms with Crippen molar-refractivity contribution in [1.29, 1.82) is 0 Å². The molecule has 0 aromatic carbocycles. The normalized spacial score (nSPS) is 21.5. The summed E-state index contributed by atoms with van der Waals surface area (Å²) in [5.41, 5.74) is -0.785. The van der Waals surface area contributed by atoms with Crippen molar-refractivity contribution < 1.29 is 17.6 Å². The Morgan fingerprint density at radius 1 is 1.31 bits per heavy atom. The Morgan fingerprint density at radius 3 is 2.50 bits per heavy atom. The Balaban J connectivity index is 2.14. The predicted octanol–water partition coefficient (Wildman–Crippen LogP) is 2.65. The van der Waals surface area contributed by atoms with Gasteiger partial charge >= 0.3 is 6.18 Å². The number of aromatic nitrogens is 1. The summed E-state index contributed by atoms with van der Waals surface area (Å²) in [6.07, 6.45) is -4.10. The molecule has 1 aliphatic rings. The van der Waals surface area contributed by atoms with Gasteiger partial charge in [-0.2, -0.15) is 13.2 Å². The summed E-state index contributed by atoms with van der Waals surface area (Å²) >= 11 is 0. The molecule has 0 bridgehead atoms. The molecule has 2 rings (SSSR count). The molecule has 0 saturated carbocycles. The number of pyridine rings is 1. The van der Waals surface area contributed by atoms with Gasteiger partial charge in [-0.05, 0) is 18.6 Å². The van der Waals surface area contributed by atoms with Gasteiger partial charge in [-0.3, -0.25) is 0 Å². The average Bonchev–Trinajstić information content (AvgIpc) is 2.64. The largest absolute Gasteiger partial charge is 0.417 e. The third kappa shape index (κ3) is 2.25. The van der Waals surface area contributed by atoms with E-state index in [1.807, 2.05) is 0 Å². The maximum absolute atomic E-state index is 12.9. The highest BCUT2D eigenvalue weighted by molar-refractivity contribution is 5.41. The Bertz CT molecular complexity index is 360. The van der Waals surface area contributed by atoms with Crippen molar-refractivity contribution >= 4 is 5.82 Å². The van der Waals surface area contributed by atoms with E-state index < -0.39 is 17.9 Å². The lowest BCUT2D eigenvalue weighted by Crippen LogP contribution is -2.21. The molecule has 1 fully saturated rings. The van der Waals surface area contributed by atoms with Crippen LogP contribution in [-0.4, -0.2) is 24.2 Å². The molecule has 0 aliphatic carbocycles. The van der Waals surface area contributed by atoms with Crippen LogP contribution in [0.15, 0.2) is 18.3 Å². The van der Waals surface area contributed by atoms with Crippen LogP contribution in [0.5, 0.6) is 0 Å². The Kier molecular flexibility index (Phi) is 2.73. The molecule has 16 heavy (non-hydrogen) atoms. The molecule has 2 nitrogen and oxygen atoms in total. The second-order valence-electron chi connectivity index (χ2n) is 3.73. The molecule has 0 amide bonds. The molecule has 1 unspecified atom stereocenters. The number of halogens is 4. The van der Waals surface area contributed by atoms with Gasteiger partial charge in [0, 0.05) is 12.7 Å². The Morgan fingerprint density at radius 2 is 2.06 bits per heavy atom. The fourth-order valence-corrected chi connectivity index (χ4v) is 1.67. The first kappa shape index (κ1) is 11.2. The zero-order chi connectivity index (χ0) is 11.8. The van der Waals surface area contributed by atoms with E-state index in [-0.39, 0.29) is 6.54 Å². The number of anilines is 1. The smallest absolute Gasteiger partial charge is 0.354 e. The van der Waals surface area contributed by atoms with Crippen LogP contribution in [0.25, 0.3) is 0 Å². The van der Waals surface area contributed by atoms with Gasteiger partial charge in [0.1, 0.15) is 12.0 Å². The van der Waals surface area contributed by atoms with Crippen molar-refractivity contribution in [3.8, 4) is 0 Å². The van der Waals surface area contributed by atoms with Crippen LogP contribution in [0.3, 0.4) is 0 Å². The minimum absolute atomic E-state index is 0.207. The lowest BCUT2D eigenvalue weighted by molar-refractivity contribution is -0.137. The number of hydrogen-bond donors (Lipinski definition) is 0. The summed E-state index contributed by atoms with van der Waals surface area (Å²) in [5, 5.41) is 0. The zero-order valence-electron chi connectivity index (χ0n) is 8.34. The SMILES string of the molecule is FC1CCN(c2ccc(C(F)(F)F)cn2)C1. The summed E-state index contributed by atoms with van der Waals surface area (Å²) in [4.78, 5) is 5.34. The molecule has 1 aromatic rings. The van der Waals surface area contributed by atoms with E-state index in [1.165, 1.54) is 6.07 Å². The molecule has 0 N–H and O–H groups in total. The molecule has 1 atom stereocenters. The van der Waals surface area contributed by atoms with Gasteiger partial charge in [0.2, 0.25) is 0 Å². The van der Waals surface area contributed by atoms with Crippen molar-refractivity contribution in [3.05, 3.63) is 23.9 Å². The van der Waals surface area contributed by atoms with E-state index in [2.05, 4.69) is 4.98 Å². The fraction of sp³-hybridized carbons (Fsp3) is 0.500. The van der Waals surface area contributed by atoms with Crippen molar-refractivity contribution in [2.24, 2.45) is 0 Å². The van der Waals surface area contributed by atoms with Crippen molar-refractivity contribution in [3.63, 3.8) is 0 Å². The monoisotopic (exact) mass is 234 g/mol. The highest BCUT2D eigenvalue weighted by Gasteiger charge is 2.31. The second-order valence-corrected chi connectivity index (χ2v) is 3.73. The summed E-state index contributed by atoms with van der Waals surface area (Å²) in [7, 11) is 0. The standard InChI is InChI=1S/C10H10F4N2/c11-8-3-4-16(6-8)9-2-1-7(5-15-9)10(12,13)14/h1-2,5,8H,3-4,6H2. The second kappa shape index (κ2) is 3.92. The first-order valence-electron chi connectivity index (χ1n) is 4.89. The summed E-state index contributed by atoms with van der Waals surface area (Å²) in [6.45, 7) is 0.706. The van der Waals surface area contributed by atoms with Crippen molar-refractivity contribution in [2.45, 2.75) is 18.8 Å². The Hall–Kier alpha value is -1.33. The van der Waals surface area contributed by atoms with Gasteiger partial charge in [0.15, 0.2) is 0 Å². The molecular formula is C10H10F4N2. The molecule has 1 aliphatic heterocycles. The molecule has 6 heteroatoms. The maximum atomic E-state index is 12.9. The number of nitrogens with zero attached hydrogens (tertiary/aromatic N) is 2. The van der Waals surface area contributed by atoms with Crippen LogP contribution in [0, 0.1) is 0 Å². The van der Waals surface area contributed by atoms with Gasteiger partial charge < -0.3 is 4.90 Å². The van der Waals surface area contributed by atoms with Gasteiger partial charge in [-0.1, -0.05) is 0 Å². The van der Waals surface area contributed by atoms with Crippen LogP contribution in [0.2, 0.25) is 0 Å². The molecule has 0 spiro atoms. The van der Waals surface area contributed by atoms with Gasteiger partial charge in [0.25, 0.3) is 0 Å². The van der Waals surface area contributed by atoms with E-state index in [0.29, 0.717) is 18.8 Å². The molecule has 1 aromatic heterocycles. The van der Waals surface area contributed by atoms with Crippen LogP contribution in [-0.2, 0) is 6.18 Å². The lowest BCUT2D eigenvalue weighted by atomic mass is 10.3. The maximum Gasteiger partial charge on any atom is 0.417 e. The lowest BCUT2D eigenvalue weighted by Gasteiger charge is -2.16. The molecule has 2 heterocycles. The molecule has 1 saturated heterocycles. The van der Waals surface area contributed by atoms with E-state index in [1.54, 1.807) is 4.90 Å². The van der Waals surface area contributed by atoms with E-state index in [4.69, 9.17) is 0 Å². The minimum atomic E-state index is -4.38. The first-order chi connectivity index (χ1) is 7.47. The van der Waals surface area contributed by atoms with Crippen LogP contribution >= 0.6 is 0 Å². The molecular weight excluding hydrogens is 224 g/mol. The number of alkyl halides is 4. The van der Waals surface area contributed by atoms with Crippen molar-refractivity contribution in [1.82, 2.24) is 4.98 Å². The minimum Gasteiger partial charge on any atom is -0.354 e. The fourth-order valence-electron chi connectivity index (χ4n) is 1.67. The quantitative estimate of drug-likeness (QED) is 0.694. The van der Waals surface area contributed by atoms with E-state index >= 15 is 0 Å². The van der Waals surface area contributed by atoms with Gasteiger partial charge in [-0.15, -0.1) is 0 Å². The zero-order valence-corrected chi connectivity index (χ0v) is 8.34. The third-order valence-corrected chi connectivity index (χ3v) is 2.53. The van der Waals surface area contributed by atoms with Crippen LogP contribution in [0.1, 0.15) is 12.0 Å². The molecule has 88 valence electrons. The van der Waals surface area contributed by atoms with Crippen LogP contribution in [0.4, 0.5) is 23.4 Å². The number of rotatable bonds is 1. The highest BCUT2D eigenvalue weighted by Crippen LogP contribution is 2.30. The topological polar surface area (TPSA) is 16.1 Å². The van der Waals surface area contributed by atoms with Crippen LogP contribution < -0.4 is 4.90 Å². The first-order valence-corrected chi connectivity index (χ1v) is 4.89. The highest BCUT2D eigenvalue weighted by atomic mass is 19.4. The van der Waals surface area contributed by atoms with Gasteiger partial charge in [0.05, 0.1) is 12.1 Å². The third-order valence-electron chi connectivity index (χ3n) is 2.53. The predicted molar refractivity (Wildman–Crippen MR) is 51.0 cm³/mol. The van der Waals surface area contributed by atoms with E-state index in [0.717, 1.165) is 12.3 Å². The van der Waals surface area contributed by atoms with Gasteiger partial charge in [-0.25, -0.2) is 9.37 Å². The summed E-state index contributed by atoms with van der Waals surface area (Å²) < 4.78 is 49.6. The summed E-state index contributed by atoms with van der Waals surface area (Å²) in [5.74, 6) is 0.396. The average molecular weight is 234 g/mol. The van der Waals surface area contributed by atoms with E-state index in [9.17, 15) is 17.6 Å². The summed E-state index contributed by atoms with van der Waals surface area (Å²) in [6, 6.07) is 2.24.